The molecule has 1 aromatic carbocycles. The Morgan fingerprint density at radius 1 is 1.05 bits per heavy atom. The lowest BCUT2D eigenvalue weighted by atomic mass is 9.93. The Hall–Kier alpha value is -1.57. The zero-order valence-corrected chi connectivity index (χ0v) is 12.3. The summed E-state index contributed by atoms with van der Waals surface area (Å²) in [7, 11) is 0. The molecule has 2 heteroatoms. The van der Waals surface area contributed by atoms with Crippen LogP contribution in [0.3, 0.4) is 0 Å². The summed E-state index contributed by atoms with van der Waals surface area (Å²) >= 11 is 0. The standard InChI is InChI=1S/C17H25N2/c1-4-16(5-2)17-9-7-15(8-10-17)13-19-12-11-18(6-3)14-19/h7-12,14,16H,4-6,13H2,1-3H3/q+1. The summed E-state index contributed by atoms with van der Waals surface area (Å²) in [6.07, 6.45) is 8.87. The van der Waals surface area contributed by atoms with E-state index in [1.165, 1.54) is 24.0 Å². The Morgan fingerprint density at radius 3 is 2.26 bits per heavy atom. The van der Waals surface area contributed by atoms with E-state index in [9.17, 15) is 0 Å². The smallest absolute Gasteiger partial charge is 0.237 e. The van der Waals surface area contributed by atoms with Crippen molar-refractivity contribution in [2.24, 2.45) is 0 Å². The first kappa shape index (κ1) is 13.9. The lowest BCUT2D eigenvalue weighted by Gasteiger charge is -2.12. The maximum atomic E-state index is 2.30. The molecule has 19 heavy (non-hydrogen) atoms. The SMILES string of the molecule is CCC(CC)c1ccc(C[n+]2ccn(CC)c2)cc1. The molecular weight excluding hydrogens is 232 g/mol. The monoisotopic (exact) mass is 257 g/mol. The fourth-order valence-corrected chi connectivity index (χ4v) is 2.59. The molecule has 0 bridgehead atoms. The molecule has 1 heterocycles. The number of hydrogen-bond donors (Lipinski definition) is 0. The molecule has 0 atom stereocenters. The van der Waals surface area contributed by atoms with Gasteiger partial charge in [-0.3, -0.25) is 0 Å². The summed E-state index contributed by atoms with van der Waals surface area (Å²) in [6.45, 7) is 8.68. The first-order valence-electron chi connectivity index (χ1n) is 7.40. The van der Waals surface area contributed by atoms with E-state index in [1.807, 2.05) is 0 Å². The minimum atomic E-state index is 0.711. The van der Waals surface area contributed by atoms with Gasteiger partial charge < -0.3 is 0 Å². The zero-order chi connectivity index (χ0) is 13.7. The second kappa shape index (κ2) is 6.55. The van der Waals surface area contributed by atoms with Gasteiger partial charge in [0.2, 0.25) is 6.33 Å². The molecule has 0 aliphatic rings. The zero-order valence-electron chi connectivity index (χ0n) is 12.3. The average Bonchev–Trinajstić information content (AvgIpc) is 2.90. The molecule has 1 aromatic heterocycles. The number of aromatic nitrogens is 2. The summed E-state index contributed by atoms with van der Waals surface area (Å²) in [5.41, 5.74) is 2.85. The topological polar surface area (TPSA) is 8.81 Å². The molecule has 2 aromatic rings. The molecule has 0 unspecified atom stereocenters. The van der Waals surface area contributed by atoms with Crippen LogP contribution in [0.5, 0.6) is 0 Å². The van der Waals surface area contributed by atoms with E-state index in [4.69, 9.17) is 0 Å². The van der Waals surface area contributed by atoms with Crippen LogP contribution in [0.15, 0.2) is 43.0 Å². The number of aryl methyl sites for hydroxylation is 1. The fraction of sp³-hybridized carbons (Fsp3) is 0.471. The van der Waals surface area contributed by atoms with E-state index < -0.39 is 0 Å². The second-order valence-corrected chi connectivity index (χ2v) is 5.17. The maximum absolute atomic E-state index is 2.30. The summed E-state index contributed by atoms with van der Waals surface area (Å²) in [4.78, 5) is 0. The molecule has 0 N–H and O–H groups in total. The Balaban J connectivity index is 2.06. The predicted octanol–water partition coefficient (Wildman–Crippen LogP) is 3.75. The van der Waals surface area contributed by atoms with Gasteiger partial charge >= 0.3 is 0 Å². The number of rotatable bonds is 6. The third kappa shape index (κ3) is 3.46. The summed E-state index contributed by atoms with van der Waals surface area (Å²) in [5.74, 6) is 0.711. The third-order valence-electron chi connectivity index (χ3n) is 3.91. The van der Waals surface area contributed by atoms with Crippen LogP contribution in [-0.2, 0) is 13.1 Å². The van der Waals surface area contributed by atoms with Crippen molar-refractivity contribution < 1.29 is 4.57 Å². The van der Waals surface area contributed by atoms with E-state index in [0.29, 0.717) is 5.92 Å². The molecule has 0 radical (unpaired) electrons. The Morgan fingerprint density at radius 2 is 1.74 bits per heavy atom. The van der Waals surface area contributed by atoms with Crippen LogP contribution in [0.4, 0.5) is 0 Å². The van der Waals surface area contributed by atoms with Gasteiger partial charge in [0, 0.05) is 0 Å². The van der Waals surface area contributed by atoms with Gasteiger partial charge in [0.05, 0.1) is 6.54 Å². The van der Waals surface area contributed by atoms with E-state index >= 15 is 0 Å². The van der Waals surface area contributed by atoms with Crippen molar-refractivity contribution in [3.8, 4) is 0 Å². The average molecular weight is 257 g/mol. The maximum Gasteiger partial charge on any atom is 0.244 e. The molecule has 0 aliphatic heterocycles. The lowest BCUT2D eigenvalue weighted by molar-refractivity contribution is -0.687. The van der Waals surface area contributed by atoms with Gasteiger partial charge in [-0.15, -0.1) is 0 Å². The highest BCUT2D eigenvalue weighted by molar-refractivity contribution is 5.24. The first-order chi connectivity index (χ1) is 9.26. The molecule has 0 amide bonds. The fourth-order valence-electron chi connectivity index (χ4n) is 2.59. The van der Waals surface area contributed by atoms with Crippen molar-refractivity contribution in [2.45, 2.75) is 52.6 Å². The van der Waals surface area contributed by atoms with Crippen LogP contribution in [0.1, 0.15) is 50.7 Å². The molecule has 0 spiro atoms. The number of imidazole rings is 1. The molecule has 2 rings (SSSR count). The van der Waals surface area contributed by atoms with E-state index in [0.717, 1.165) is 13.1 Å². The summed E-state index contributed by atoms with van der Waals surface area (Å²) in [5, 5.41) is 0. The van der Waals surface area contributed by atoms with E-state index in [2.05, 4.69) is 72.9 Å². The van der Waals surface area contributed by atoms with Crippen LogP contribution in [0.25, 0.3) is 0 Å². The third-order valence-corrected chi connectivity index (χ3v) is 3.91. The lowest BCUT2D eigenvalue weighted by Crippen LogP contribution is -2.31. The molecule has 0 saturated heterocycles. The van der Waals surface area contributed by atoms with Crippen molar-refractivity contribution in [2.75, 3.05) is 0 Å². The van der Waals surface area contributed by atoms with Gasteiger partial charge in [0.25, 0.3) is 0 Å². The van der Waals surface area contributed by atoms with Crippen molar-refractivity contribution in [1.29, 1.82) is 0 Å². The number of benzene rings is 1. The van der Waals surface area contributed by atoms with E-state index in [-0.39, 0.29) is 0 Å². The summed E-state index contributed by atoms with van der Waals surface area (Å²) < 4.78 is 4.42. The first-order valence-corrected chi connectivity index (χ1v) is 7.40. The van der Waals surface area contributed by atoms with Gasteiger partial charge in [0.15, 0.2) is 0 Å². The van der Waals surface area contributed by atoms with Crippen molar-refractivity contribution in [3.63, 3.8) is 0 Å². The van der Waals surface area contributed by atoms with Crippen LogP contribution in [0.2, 0.25) is 0 Å². The normalized spacial score (nSPS) is 11.2. The molecule has 0 aliphatic carbocycles. The number of nitrogens with zero attached hydrogens (tertiary/aromatic N) is 2. The van der Waals surface area contributed by atoms with Crippen LogP contribution < -0.4 is 4.57 Å². The Labute approximate surface area is 116 Å². The van der Waals surface area contributed by atoms with Crippen LogP contribution in [-0.4, -0.2) is 4.57 Å². The van der Waals surface area contributed by atoms with Crippen molar-refractivity contribution >= 4 is 0 Å². The molecule has 0 fully saturated rings. The van der Waals surface area contributed by atoms with Crippen molar-refractivity contribution in [3.05, 3.63) is 54.1 Å². The molecule has 2 nitrogen and oxygen atoms in total. The van der Waals surface area contributed by atoms with Gasteiger partial charge in [0.1, 0.15) is 18.9 Å². The molecule has 102 valence electrons. The highest BCUT2D eigenvalue weighted by Gasteiger charge is 2.07. The minimum absolute atomic E-state index is 0.711. The van der Waals surface area contributed by atoms with Gasteiger partial charge in [-0.1, -0.05) is 38.1 Å². The quantitative estimate of drug-likeness (QED) is 0.697. The van der Waals surface area contributed by atoms with Gasteiger partial charge in [-0.25, -0.2) is 9.13 Å². The minimum Gasteiger partial charge on any atom is -0.237 e. The van der Waals surface area contributed by atoms with Gasteiger partial charge in [-0.05, 0) is 36.8 Å². The molecule has 0 saturated carbocycles. The highest BCUT2D eigenvalue weighted by Crippen LogP contribution is 2.22. The van der Waals surface area contributed by atoms with E-state index in [1.54, 1.807) is 0 Å². The van der Waals surface area contributed by atoms with Crippen LogP contribution >= 0.6 is 0 Å². The van der Waals surface area contributed by atoms with Crippen LogP contribution in [0, 0.1) is 0 Å². The number of hydrogen-bond acceptors (Lipinski definition) is 0. The second-order valence-electron chi connectivity index (χ2n) is 5.17. The highest BCUT2D eigenvalue weighted by atomic mass is 15.1. The molecular formula is C17H25N2+. The largest absolute Gasteiger partial charge is 0.244 e. The Kier molecular flexibility index (Phi) is 4.78. The van der Waals surface area contributed by atoms with Gasteiger partial charge in [-0.2, -0.15) is 0 Å². The van der Waals surface area contributed by atoms with Crippen molar-refractivity contribution in [1.82, 2.24) is 4.57 Å². The Bertz CT molecular complexity index is 492. The summed E-state index contributed by atoms with van der Waals surface area (Å²) in [6, 6.07) is 9.13. The predicted molar refractivity (Wildman–Crippen MR) is 79.2 cm³/mol.